The van der Waals surface area contributed by atoms with E-state index in [1.807, 2.05) is 12.3 Å². The lowest BCUT2D eigenvalue weighted by molar-refractivity contribution is -0.114. The first-order valence-corrected chi connectivity index (χ1v) is 7.61. The molecule has 2 heterocycles. The first kappa shape index (κ1) is 14.4. The van der Waals surface area contributed by atoms with E-state index in [4.69, 9.17) is 5.26 Å². The Hall–Kier alpha value is -1.98. The number of rotatable bonds is 5. The lowest BCUT2D eigenvalue weighted by atomic mass is 10.3. The van der Waals surface area contributed by atoms with Gasteiger partial charge in [-0.3, -0.25) is 4.79 Å². The fraction of sp³-hybridized carbons (Fsp3) is 0.333. The van der Waals surface area contributed by atoms with Crippen molar-refractivity contribution in [2.75, 3.05) is 17.2 Å². The van der Waals surface area contributed by atoms with Crippen LogP contribution in [0, 0.1) is 18.3 Å². The molecule has 0 saturated heterocycles. The topological polar surface area (TPSA) is 90.7 Å². The number of aromatic nitrogens is 2. The fourth-order valence-corrected chi connectivity index (χ4v) is 3.30. The maximum absolute atomic E-state index is 11.0. The fourth-order valence-electron chi connectivity index (χ4n) is 1.52. The summed E-state index contributed by atoms with van der Waals surface area (Å²) in [5.41, 5.74) is 1.67. The van der Waals surface area contributed by atoms with Gasteiger partial charge in [-0.1, -0.05) is 11.3 Å². The summed E-state index contributed by atoms with van der Waals surface area (Å²) < 4.78 is 0. The Morgan fingerprint density at radius 1 is 1.45 bits per heavy atom. The molecule has 0 radical (unpaired) electrons. The lowest BCUT2D eigenvalue weighted by Crippen LogP contribution is -2.04. The molecule has 0 atom stereocenters. The Bertz CT molecular complexity index is 655. The second-order valence-corrected chi connectivity index (χ2v) is 5.84. The molecule has 0 bridgehead atoms. The van der Waals surface area contributed by atoms with Gasteiger partial charge in [-0.15, -0.1) is 11.3 Å². The molecule has 0 unspecified atom stereocenters. The van der Waals surface area contributed by atoms with Gasteiger partial charge in [0.05, 0.1) is 28.8 Å². The SMILES string of the molecule is CC(=O)Nc1nc(C)c(-c2csc(NCCC#N)n2)s1. The maximum Gasteiger partial charge on any atom is 0.223 e. The second-order valence-electron chi connectivity index (χ2n) is 3.99. The van der Waals surface area contributed by atoms with E-state index >= 15 is 0 Å². The molecule has 2 rings (SSSR count). The number of carbonyl (C=O) groups is 1. The molecular formula is C12H13N5OS2. The molecule has 0 aliphatic carbocycles. The third-order valence-electron chi connectivity index (χ3n) is 2.33. The van der Waals surface area contributed by atoms with Crippen molar-refractivity contribution >= 4 is 38.8 Å². The second kappa shape index (κ2) is 6.45. The van der Waals surface area contributed by atoms with Crippen LogP contribution in [0.15, 0.2) is 5.38 Å². The molecule has 0 saturated carbocycles. The molecule has 0 aliphatic heterocycles. The molecule has 0 aliphatic rings. The summed E-state index contributed by atoms with van der Waals surface area (Å²) in [5.74, 6) is -0.137. The number of hydrogen-bond donors (Lipinski definition) is 2. The number of anilines is 2. The minimum Gasteiger partial charge on any atom is -0.360 e. The van der Waals surface area contributed by atoms with Crippen molar-refractivity contribution < 1.29 is 4.79 Å². The smallest absolute Gasteiger partial charge is 0.223 e. The van der Waals surface area contributed by atoms with Gasteiger partial charge in [0, 0.05) is 18.8 Å². The molecule has 0 spiro atoms. The van der Waals surface area contributed by atoms with Crippen molar-refractivity contribution in [3.63, 3.8) is 0 Å². The van der Waals surface area contributed by atoms with Crippen LogP contribution in [-0.2, 0) is 4.79 Å². The molecule has 2 aromatic rings. The Balaban J connectivity index is 2.13. The van der Waals surface area contributed by atoms with Crippen molar-refractivity contribution in [1.29, 1.82) is 5.26 Å². The van der Waals surface area contributed by atoms with Crippen LogP contribution < -0.4 is 10.6 Å². The molecule has 6 nitrogen and oxygen atoms in total. The van der Waals surface area contributed by atoms with Crippen molar-refractivity contribution in [2.45, 2.75) is 20.3 Å². The van der Waals surface area contributed by atoms with Crippen LogP contribution in [0.3, 0.4) is 0 Å². The zero-order valence-corrected chi connectivity index (χ0v) is 12.7. The van der Waals surface area contributed by atoms with Gasteiger partial charge in [-0.05, 0) is 6.92 Å². The van der Waals surface area contributed by atoms with E-state index in [0.717, 1.165) is 21.4 Å². The zero-order valence-electron chi connectivity index (χ0n) is 11.1. The highest BCUT2D eigenvalue weighted by atomic mass is 32.1. The van der Waals surface area contributed by atoms with Gasteiger partial charge >= 0.3 is 0 Å². The number of thiazole rings is 2. The Labute approximate surface area is 124 Å². The quantitative estimate of drug-likeness (QED) is 0.829. The van der Waals surface area contributed by atoms with Gasteiger partial charge < -0.3 is 10.6 Å². The molecule has 104 valence electrons. The van der Waals surface area contributed by atoms with Crippen LogP contribution in [-0.4, -0.2) is 22.4 Å². The van der Waals surface area contributed by atoms with Crippen LogP contribution in [0.25, 0.3) is 10.6 Å². The lowest BCUT2D eigenvalue weighted by Gasteiger charge is -1.96. The normalized spacial score (nSPS) is 10.1. The van der Waals surface area contributed by atoms with Gasteiger partial charge in [0.1, 0.15) is 0 Å². The van der Waals surface area contributed by atoms with Crippen molar-refractivity contribution in [1.82, 2.24) is 9.97 Å². The average molecular weight is 307 g/mol. The molecule has 20 heavy (non-hydrogen) atoms. The van der Waals surface area contributed by atoms with Crippen molar-refractivity contribution in [3.8, 4) is 16.6 Å². The highest BCUT2D eigenvalue weighted by molar-refractivity contribution is 7.19. The molecule has 0 aromatic carbocycles. The predicted molar refractivity (Wildman–Crippen MR) is 81.0 cm³/mol. The molecule has 0 fully saturated rings. The molecule has 2 N–H and O–H groups in total. The highest BCUT2D eigenvalue weighted by Crippen LogP contribution is 2.34. The van der Waals surface area contributed by atoms with E-state index in [0.29, 0.717) is 18.1 Å². The third kappa shape index (κ3) is 3.53. The zero-order chi connectivity index (χ0) is 14.5. The van der Waals surface area contributed by atoms with Crippen LogP contribution >= 0.6 is 22.7 Å². The maximum atomic E-state index is 11.0. The van der Waals surface area contributed by atoms with Crippen molar-refractivity contribution in [2.24, 2.45) is 0 Å². The first-order valence-electron chi connectivity index (χ1n) is 5.92. The number of aryl methyl sites for hydroxylation is 1. The predicted octanol–water partition coefficient (Wildman–Crippen LogP) is 2.86. The Morgan fingerprint density at radius 2 is 2.25 bits per heavy atom. The van der Waals surface area contributed by atoms with E-state index in [9.17, 15) is 4.79 Å². The number of nitrogens with zero attached hydrogens (tertiary/aromatic N) is 3. The van der Waals surface area contributed by atoms with Gasteiger partial charge in [0.15, 0.2) is 10.3 Å². The summed E-state index contributed by atoms with van der Waals surface area (Å²) in [6.07, 6.45) is 0.446. The number of hydrogen-bond acceptors (Lipinski definition) is 7. The van der Waals surface area contributed by atoms with Gasteiger partial charge in [-0.2, -0.15) is 5.26 Å². The van der Waals surface area contributed by atoms with E-state index in [2.05, 4.69) is 26.7 Å². The minimum atomic E-state index is -0.137. The number of carbonyl (C=O) groups excluding carboxylic acids is 1. The van der Waals surface area contributed by atoms with E-state index in [-0.39, 0.29) is 5.91 Å². The van der Waals surface area contributed by atoms with E-state index in [1.54, 1.807) is 0 Å². The van der Waals surface area contributed by atoms with Crippen LogP contribution in [0.4, 0.5) is 10.3 Å². The molecular weight excluding hydrogens is 294 g/mol. The summed E-state index contributed by atoms with van der Waals surface area (Å²) >= 11 is 2.89. The van der Waals surface area contributed by atoms with Crippen molar-refractivity contribution in [3.05, 3.63) is 11.1 Å². The third-order valence-corrected chi connectivity index (χ3v) is 4.22. The van der Waals surface area contributed by atoms with Gasteiger partial charge in [0.25, 0.3) is 0 Å². The number of nitrogens with one attached hydrogen (secondary N) is 2. The minimum absolute atomic E-state index is 0.137. The van der Waals surface area contributed by atoms with E-state index in [1.165, 1.54) is 29.6 Å². The summed E-state index contributed by atoms with van der Waals surface area (Å²) in [6, 6.07) is 2.07. The number of amides is 1. The first-order chi connectivity index (χ1) is 9.60. The van der Waals surface area contributed by atoms with Crippen LogP contribution in [0.2, 0.25) is 0 Å². The Morgan fingerprint density at radius 3 is 2.95 bits per heavy atom. The highest BCUT2D eigenvalue weighted by Gasteiger charge is 2.13. The van der Waals surface area contributed by atoms with Crippen LogP contribution in [0.5, 0.6) is 0 Å². The molecule has 8 heteroatoms. The summed E-state index contributed by atoms with van der Waals surface area (Å²) in [5, 5.41) is 17.6. The summed E-state index contributed by atoms with van der Waals surface area (Å²) in [7, 11) is 0. The number of nitriles is 1. The molecule has 1 amide bonds. The largest absolute Gasteiger partial charge is 0.360 e. The standard InChI is InChI=1S/C12H13N5OS2/c1-7-10(20-12(15-7)16-8(2)18)9-6-19-11(17-9)14-5-3-4-13/h6H,3,5H2,1-2H3,(H,14,17)(H,15,16,18). The summed E-state index contributed by atoms with van der Waals surface area (Å²) in [4.78, 5) is 20.7. The summed E-state index contributed by atoms with van der Waals surface area (Å²) in [6.45, 7) is 3.93. The molecule has 2 aromatic heterocycles. The van der Waals surface area contributed by atoms with E-state index < -0.39 is 0 Å². The van der Waals surface area contributed by atoms with Crippen LogP contribution in [0.1, 0.15) is 19.0 Å². The van der Waals surface area contributed by atoms with Gasteiger partial charge in [-0.25, -0.2) is 9.97 Å². The Kier molecular flexibility index (Phi) is 4.65. The monoisotopic (exact) mass is 307 g/mol. The van der Waals surface area contributed by atoms with Gasteiger partial charge in [0.2, 0.25) is 5.91 Å². The average Bonchev–Trinajstić information content (AvgIpc) is 2.96.